The first-order valence-electron chi connectivity index (χ1n) is 6.90. The van der Waals surface area contributed by atoms with Gasteiger partial charge in [0.1, 0.15) is 0 Å². The van der Waals surface area contributed by atoms with E-state index in [0.29, 0.717) is 29.5 Å². The van der Waals surface area contributed by atoms with Gasteiger partial charge in [-0.2, -0.15) is 0 Å². The Morgan fingerprint density at radius 2 is 2.30 bits per heavy atom. The second kappa shape index (κ2) is 6.65. The maximum absolute atomic E-state index is 11.0. The van der Waals surface area contributed by atoms with Gasteiger partial charge in [-0.25, -0.2) is 0 Å². The van der Waals surface area contributed by atoms with E-state index in [-0.39, 0.29) is 10.6 Å². The summed E-state index contributed by atoms with van der Waals surface area (Å²) >= 11 is 3.37. The predicted octanol–water partition coefficient (Wildman–Crippen LogP) is 2.92. The first-order valence-corrected chi connectivity index (χ1v) is 7.69. The van der Waals surface area contributed by atoms with Gasteiger partial charge in [0.05, 0.1) is 9.40 Å². The lowest BCUT2D eigenvalue weighted by atomic mass is 9.90. The zero-order valence-electron chi connectivity index (χ0n) is 11.6. The number of piperidine rings is 1. The Morgan fingerprint density at radius 3 is 2.95 bits per heavy atom. The molecule has 0 amide bonds. The van der Waals surface area contributed by atoms with E-state index in [1.165, 1.54) is 12.5 Å². The van der Waals surface area contributed by atoms with Gasteiger partial charge in [-0.15, -0.1) is 0 Å². The van der Waals surface area contributed by atoms with E-state index in [1.807, 2.05) is 6.07 Å². The predicted molar refractivity (Wildman–Crippen MR) is 82.4 cm³/mol. The topological polar surface area (TPSA) is 72.4 Å². The van der Waals surface area contributed by atoms with E-state index in [4.69, 9.17) is 5.73 Å². The average molecular weight is 342 g/mol. The summed E-state index contributed by atoms with van der Waals surface area (Å²) in [5.41, 5.74) is 6.97. The Kier molecular flexibility index (Phi) is 5.12. The average Bonchev–Trinajstić information content (AvgIpc) is 2.41. The Hall–Kier alpha value is -0.980. The first kappa shape index (κ1) is 15.4. The first-order chi connectivity index (χ1) is 9.54. The molecule has 2 unspecified atom stereocenters. The molecular weight excluding hydrogens is 322 g/mol. The Morgan fingerprint density at radius 1 is 1.55 bits per heavy atom. The maximum atomic E-state index is 11.0. The number of hydrogen-bond donors (Lipinski definition) is 1. The third kappa shape index (κ3) is 3.19. The fraction of sp³-hybridized carbons (Fsp3) is 0.571. The van der Waals surface area contributed by atoms with Crippen molar-refractivity contribution in [3.63, 3.8) is 0 Å². The molecule has 6 heteroatoms. The van der Waals surface area contributed by atoms with Crippen LogP contribution in [0.4, 0.5) is 5.69 Å². The van der Waals surface area contributed by atoms with Crippen LogP contribution in [0.15, 0.2) is 22.7 Å². The van der Waals surface area contributed by atoms with Crippen molar-refractivity contribution in [2.45, 2.75) is 32.4 Å². The monoisotopic (exact) mass is 341 g/mol. The van der Waals surface area contributed by atoms with Crippen molar-refractivity contribution in [1.29, 1.82) is 0 Å². The van der Waals surface area contributed by atoms with Gasteiger partial charge in [-0.1, -0.05) is 19.1 Å². The van der Waals surface area contributed by atoms with Crippen molar-refractivity contribution in [2.24, 2.45) is 11.7 Å². The number of nitrogens with two attached hydrogens (primary N) is 1. The van der Waals surface area contributed by atoms with Crippen molar-refractivity contribution in [3.8, 4) is 0 Å². The van der Waals surface area contributed by atoms with Crippen LogP contribution in [0.3, 0.4) is 0 Å². The maximum Gasteiger partial charge on any atom is 0.283 e. The molecule has 1 aliphatic heterocycles. The molecule has 0 saturated carbocycles. The van der Waals surface area contributed by atoms with Crippen LogP contribution in [0.2, 0.25) is 0 Å². The highest BCUT2D eigenvalue weighted by molar-refractivity contribution is 9.10. The smallest absolute Gasteiger partial charge is 0.283 e. The van der Waals surface area contributed by atoms with Crippen LogP contribution in [-0.4, -0.2) is 29.0 Å². The number of likely N-dealkylation sites (tertiary alicyclic amines) is 1. The minimum absolute atomic E-state index is 0.122. The van der Waals surface area contributed by atoms with Gasteiger partial charge in [0, 0.05) is 25.2 Å². The standard InChI is InChI=1S/C14H20BrN3O2/c1-10-4-3-7-17(13(10)8-16)9-11-5-2-6-12(14(11)15)18(19)20/h2,5-6,10,13H,3-4,7-9,16H2,1H3. The fourth-order valence-corrected chi connectivity index (χ4v) is 3.49. The molecule has 2 atom stereocenters. The molecule has 0 aromatic heterocycles. The van der Waals surface area contributed by atoms with Gasteiger partial charge in [0.15, 0.2) is 0 Å². The highest BCUT2D eigenvalue weighted by Gasteiger charge is 2.28. The molecule has 0 spiro atoms. The zero-order chi connectivity index (χ0) is 14.7. The van der Waals surface area contributed by atoms with E-state index in [1.54, 1.807) is 6.07 Å². The number of rotatable bonds is 4. The van der Waals surface area contributed by atoms with Crippen LogP contribution in [0.25, 0.3) is 0 Å². The fourth-order valence-electron chi connectivity index (χ4n) is 2.96. The number of nitro benzene ring substituents is 1. The largest absolute Gasteiger partial charge is 0.329 e. The third-order valence-electron chi connectivity index (χ3n) is 4.10. The van der Waals surface area contributed by atoms with E-state index in [9.17, 15) is 10.1 Å². The number of nitrogens with zero attached hydrogens (tertiary/aromatic N) is 2. The highest BCUT2D eigenvalue weighted by Crippen LogP contribution is 2.31. The SMILES string of the molecule is CC1CCCN(Cc2cccc([N+](=O)[O-])c2Br)C1CN. The second-order valence-electron chi connectivity index (χ2n) is 5.40. The Labute approximate surface area is 127 Å². The molecule has 110 valence electrons. The van der Waals surface area contributed by atoms with Crippen molar-refractivity contribution in [3.05, 3.63) is 38.3 Å². The summed E-state index contributed by atoms with van der Waals surface area (Å²) in [6.45, 7) is 4.57. The molecule has 1 saturated heterocycles. The summed E-state index contributed by atoms with van der Waals surface area (Å²) in [5, 5.41) is 11.0. The molecule has 20 heavy (non-hydrogen) atoms. The summed E-state index contributed by atoms with van der Waals surface area (Å²) in [4.78, 5) is 13.0. The zero-order valence-corrected chi connectivity index (χ0v) is 13.2. The molecule has 0 bridgehead atoms. The lowest BCUT2D eigenvalue weighted by molar-refractivity contribution is -0.385. The normalized spacial score (nSPS) is 23.8. The molecule has 1 aromatic carbocycles. The van der Waals surface area contributed by atoms with E-state index in [2.05, 4.69) is 27.8 Å². The second-order valence-corrected chi connectivity index (χ2v) is 6.19. The van der Waals surface area contributed by atoms with Crippen molar-refractivity contribution in [2.75, 3.05) is 13.1 Å². The van der Waals surface area contributed by atoms with Gasteiger partial charge in [-0.05, 0) is 46.8 Å². The van der Waals surface area contributed by atoms with Crippen LogP contribution in [0.1, 0.15) is 25.3 Å². The van der Waals surface area contributed by atoms with Gasteiger partial charge in [0.25, 0.3) is 5.69 Å². The molecule has 1 aromatic rings. The summed E-state index contributed by atoms with van der Waals surface area (Å²) in [7, 11) is 0. The van der Waals surface area contributed by atoms with Gasteiger partial charge >= 0.3 is 0 Å². The summed E-state index contributed by atoms with van der Waals surface area (Å²) in [6, 6.07) is 5.55. The molecule has 0 radical (unpaired) electrons. The van der Waals surface area contributed by atoms with E-state index < -0.39 is 0 Å². The summed E-state index contributed by atoms with van der Waals surface area (Å²) in [5.74, 6) is 0.575. The van der Waals surface area contributed by atoms with Crippen molar-refractivity contribution >= 4 is 21.6 Å². The minimum Gasteiger partial charge on any atom is -0.329 e. The highest BCUT2D eigenvalue weighted by atomic mass is 79.9. The van der Waals surface area contributed by atoms with Crippen LogP contribution >= 0.6 is 15.9 Å². The summed E-state index contributed by atoms with van der Waals surface area (Å²) in [6.07, 6.45) is 2.36. The van der Waals surface area contributed by atoms with E-state index >= 15 is 0 Å². The van der Waals surface area contributed by atoms with E-state index in [0.717, 1.165) is 18.5 Å². The molecule has 0 aliphatic carbocycles. The van der Waals surface area contributed by atoms with Crippen molar-refractivity contribution < 1.29 is 4.92 Å². The van der Waals surface area contributed by atoms with Crippen LogP contribution in [0.5, 0.6) is 0 Å². The molecule has 5 nitrogen and oxygen atoms in total. The van der Waals surface area contributed by atoms with Crippen LogP contribution < -0.4 is 5.73 Å². The lowest BCUT2D eigenvalue weighted by Gasteiger charge is -2.39. The minimum atomic E-state index is -0.354. The lowest BCUT2D eigenvalue weighted by Crippen LogP contribution is -2.48. The molecule has 2 N–H and O–H groups in total. The number of nitro groups is 1. The molecule has 1 aliphatic rings. The molecule has 1 heterocycles. The van der Waals surface area contributed by atoms with Gasteiger partial charge in [-0.3, -0.25) is 15.0 Å². The van der Waals surface area contributed by atoms with Crippen molar-refractivity contribution in [1.82, 2.24) is 4.90 Å². The van der Waals surface area contributed by atoms with Gasteiger partial charge < -0.3 is 5.73 Å². The Balaban J connectivity index is 2.21. The Bertz CT molecular complexity index is 495. The quantitative estimate of drug-likeness (QED) is 0.675. The number of benzene rings is 1. The van der Waals surface area contributed by atoms with Gasteiger partial charge in [0.2, 0.25) is 0 Å². The van der Waals surface area contributed by atoms with Crippen LogP contribution in [-0.2, 0) is 6.54 Å². The number of halogens is 1. The third-order valence-corrected chi connectivity index (χ3v) is 5.02. The molecule has 2 rings (SSSR count). The van der Waals surface area contributed by atoms with Crippen LogP contribution in [0, 0.1) is 16.0 Å². The molecular formula is C14H20BrN3O2. The molecule has 1 fully saturated rings. The summed E-state index contributed by atoms with van der Waals surface area (Å²) < 4.78 is 0.582. The number of hydrogen-bond acceptors (Lipinski definition) is 4.